The lowest BCUT2D eigenvalue weighted by Crippen LogP contribution is -2.31. The minimum atomic E-state index is -0.392. The highest BCUT2D eigenvalue weighted by Crippen LogP contribution is 2.39. The molecular weight excluding hydrogens is 492 g/mol. The summed E-state index contributed by atoms with van der Waals surface area (Å²) in [5.74, 6) is -0.439. The Morgan fingerprint density at radius 3 is 2.76 bits per heavy atom. The zero-order valence-electron chi connectivity index (χ0n) is 18.1. The summed E-state index contributed by atoms with van der Waals surface area (Å²) in [7, 11) is 0. The van der Waals surface area contributed by atoms with Crippen LogP contribution in [-0.4, -0.2) is 32.9 Å². The van der Waals surface area contributed by atoms with Crippen LogP contribution < -0.4 is 10.7 Å². The van der Waals surface area contributed by atoms with Crippen molar-refractivity contribution < 1.29 is 14.7 Å². The van der Waals surface area contributed by atoms with Crippen LogP contribution in [0.4, 0.5) is 0 Å². The number of nitrogens with zero attached hydrogens (tertiary/aromatic N) is 2. The molecule has 0 bridgehead atoms. The Morgan fingerprint density at radius 2 is 2.03 bits per heavy atom. The molecule has 1 aliphatic rings. The number of aromatic hydroxyl groups is 1. The number of amides is 2. The first kappa shape index (κ1) is 24.0. The van der Waals surface area contributed by atoms with Crippen molar-refractivity contribution in [2.45, 2.75) is 25.1 Å². The molecule has 34 heavy (non-hydrogen) atoms. The van der Waals surface area contributed by atoms with Gasteiger partial charge in [-0.25, -0.2) is 5.43 Å². The summed E-state index contributed by atoms with van der Waals surface area (Å²) in [6, 6.07) is 12.7. The SMILES string of the molecule is C/C(=N\NC(=O)C1=CCC(C(=O)NCc2ccccn2)S1)c1csc(-c2ccc(Cl)cc2)c1O. The molecule has 10 heteroatoms. The summed E-state index contributed by atoms with van der Waals surface area (Å²) >= 11 is 8.52. The van der Waals surface area contributed by atoms with Crippen LogP contribution in [0.25, 0.3) is 10.4 Å². The first-order valence-electron chi connectivity index (χ1n) is 10.4. The van der Waals surface area contributed by atoms with Crippen molar-refractivity contribution in [1.82, 2.24) is 15.7 Å². The third kappa shape index (κ3) is 5.67. The van der Waals surface area contributed by atoms with Gasteiger partial charge < -0.3 is 10.4 Å². The van der Waals surface area contributed by atoms with Gasteiger partial charge in [-0.2, -0.15) is 5.10 Å². The molecule has 0 aliphatic carbocycles. The van der Waals surface area contributed by atoms with Crippen LogP contribution in [0.15, 0.2) is 70.1 Å². The topological polar surface area (TPSA) is 104 Å². The summed E-state index contributed by atoms with van der Waals surface area (Å²) in [4.78, 5) is 30.3. The number of allylic oxidation sites excluding steroid dienone is 1. The third-order valence-corrected chi connectivity index (χ3v) is 7.63. The second kappa shape index (κ2) is 10.9. The summed E-state index contributed by atoms with van der Waals surface area (Å²) in [6.45, 7) is 2.04. The maximum absolute atomic E-state index is 12.6. The molecular formula is C24H21ClN4O3S2. The lowest BCUT2D eigenvalue weighted by atomic mass is 10.1. The van der Waals surface area contributed by atoms with Gasteiger partial charge in [0.05, 0.1) is 38.5 Å². The van der Waals surface area contributed by atoms with Crippen molar-refractivity contribution in [3.8, 4) is 16.2 Å². The minimum Gasteiger partial charge on any atom is -0.506 e. The zero-order valence-corrected chi connectivity index (χ0v) is 20.5. The van der Waals surface area contributed by atoms with Gasteiger partial charge in [0.2, 0.25) is 5.91 Å². The van der Waals surface area contributed by atoms with Gasteiger partial charge in [0.1, 0.15) is 5.75 Å². The molecule has 4 rings (SSSR count). The van der Waals surface area contributed by atoms with Crippen molar-refractivity contribution in [2.24, 2.45) is 5.10 Å². The Bertz CT molecular complexity index is 1260. The first-order valence-corrected chi connectivity index (χ1v) is 12.5. The van der Waals surface area contributed by atoms with Crippen molar-refractivity contribution in [1.29, 1.82) is 0 Å². The highest BCUT2D eigenvalue weighted by molar-refractivity contribution is 8.05. The zero-order chi connectivity index (χ0) is 24.1. The quantitative estimate of drug-likeness (QED) is 0.314. The highest BCUT2D eigenvalue weighted by atomic mass is 35.5. The minimum absolute atomic E-state index is 0.0990. The van der Waals surface area contributed by atoms with Gasteiger partial charge in [-0.1, -0.05) is 35.9 Å². The van der Waals surface area contributed by atoms with E-state index in [9.17, 15) is 14.7 Å². The fourth-order valence-electron chi connectivity index (χ4n) is 3.23. The van der Waals surface area contributed by atoms with Gasteiger partial charge in [0, 0.05) is 16.6 Å². The Hall–Kier alpha value is -3.14. The number of hydrogen-bond acceptors (Lipinski definition) is 7. The molecule has 174 valence electrons. The molecule has 3 heterocycles. The average molecular weight is 513 g/mol. The predicted octanol–water partition coefficient (Wildman–Crippen LogP) is 4.72. The summed E-state index contributed by atoms with van der Waals surface area (Å²) in [5.41, 5.74) is 5.13. The highest BCUT2D eigenvalue weighted by Gasteiger charge is 2.28. The molecule has 0 radical (unpaired) electrons. The van der Waals surface area contributed by atoms with E-state index in [1.165, 1.54) is 23.1 Å². The van der Waals surface area contributed by atoms with Crippen molar-refractivity contribution in [2.75, 3.05) is 0 Å². The molecule has 0 saturated carbocycles. The summed E-state index contributed by atoms with van der Waals surface area (Å²) < 4.78 is 0. The number of carbonyl (C=O) groups excluding carboxylic acids is 2. The number of hydrogen-bond donors (Lipinski definition) is 3. The number of pyridine rings is 1. The molecule has 1 aliphatic heterocycles. The van der Waals surface area contributed by atoms with E-state index >= 15 is 0 Å². The third-order valence-electron chi connectivity index (χ3n) is 5.06. The van der Waals surface area contributed by atoms with E-state index in [-0.39, 0.29) is 16.9 Å². The molecule has 0 saturated heterocycles. The number of halogens is 1. The van der Waals surface area contributed by atoms with Crippen molar-refractivity contribution in [3.05, 3.63) is 81.3 Å². The number of rotatable bonds is 7. The molecule has 0 spiro atoms. The second-order valence-corrected chi connectivity index (χ2v) is 9.98. The van der Waals surface area contributed by atoms with Gasteiger partial charge in [-0.15, -0.1) is 23.1 Å². The molecule has 3 aromatic rings. The Morgan fingerprint density at radius 1 is 1.24 bits per heavy atom. The number of thiophene rings is 1. The number of thioether (sulfide) groups is 1. The lowest BCUT2D eigenvalue weighted by Gasteiger charge is -2.10. The molecule has 3 N–H and O–H groups in total. The maximum Gasteiger partial charge on any atom is 0.277 e. The van der Waals surface area contributed by atoms with E-state index in [0.29, 0.717) is 39.0 Å². The number of aromatic nitrogens is 1. The average Bonchev–Trinajstić information content (AvgIpc) is 3.49. The molecule has 2 aromatic heterocycles. The maximum atomic E-state index is 12.6. The van der Waals surface area contributed by atoms with Crippen LogP contribution in [0.5, 0.6) is 5.75 Å². The van der Waals surface area contributed by atoms with Crippen LogP contribution >= 0.6 is 34.7 Å². The number of nitrogens with one attached hydrogen (secondary N) is 2. The Kier molecular flexibility index (Phi) is 7.66. The molecule has 0 fully saturated rings. The second-order valence-electron chi connectivity index (χ2n) is 7.42. The predicted molar refractivity (Wildman–Crippen MR) is 137 cm³/mol. The van der Waals surface area contributed by atoms with E-state index in [1.54, 1.807) is 36.7 Å². The van der Waals surface area contributed by atoms with E-state index < -0.39 is 5.91 Å². The van der Waals surface area contributed by atoms with Gasteiger partial charge in [0.25, 0.3) is 5.91 Å². The monoisotopic (exact) mass is 512 g/mol. The van der Waals surface area contributed by atoms with Gasteiger partial charge >= 0.3 is 0 Å². The lowest BCUT2D eigenvalue weighted by molar-refractivity contribution is -0.120. The van der Waals surface area contributed by atoms with E-state index in [4.69, 9.17) is 11.6 Å². The smallest absolute Gasteiger partial charge is 0.277 e. The molecule has 1 aromatic carbocycles. The summed E-state index contributed by atoms with van der Waals surface area (Å²) in [5, 5.41) is 19.7. The van der Waals surface area contributed by atoms with Gasteiger partial charge in [-0.3, -0.25) is 14.6 Å². The Labute approximate surface area is 210 Å². The number of hydrazone groups is 1. The van der Waals surface area contributed by atoms with E-state index in [1.807, 2.05) is 30.3 Å². The largest absolute Gasteiger partial charge is 0.506 e. The van der Waals surface area contributed by atoms with Crippen LogP contribution in [0.2, 0.25) is 5.02 Å². The number of carbonyl (C=O) groups is 2. The Balaban J connectivity index is 1.32. The van der Waals surface area contributed by atoms with E-state index in [2.05, 4.69) is 20.8 Å². The van der Waals surface area contributed by atoms with Crippen molar-refractivity contribution >= 4 is 52.2 Å². The van der Waals surface area contributed by atoms with Crippen LogP contribution in [0.3, 0.4) is 0 Å². The fraction of sp³-hybridized carbons (Fsp3) is 0.167. The molecule has 1 unspecified atom stereocenters. The van der Waals surface area contributed by atoms with Crippen LogP contribution in [-0.2, 0) is 16.1 Å². The molecule has 2 amide bonds. The standard InChI is InChI=1S/C24H21ClN4O3S2/c1-14(18-13-33-22(21(18)30)15-5-7-16(25)8-6-15)28-29-24(32)20-10-9-19(34-20)23(31)27-12-17-4-2-3-11-26-17/h2-8,10-11,13,19,30H,9,12H2,1H3,(H,27,31)(H,29,32)/b28-14+. The fourth-order valence-corrected chi connectivity index (χ4v) is 5.40. The van der Waals surface area contributed by atoms with Crippen molar-refractivity contribution in [3.63, 3.8) is 0 Å². The molecule has 1 atom stereocenters. The normalized spacial score (nSPS) is 15.6. The first-order chi connectivity index (χ1) is 16.4. The summed E-state index contributed by atoms with van der Waals surface area (Å²) in [6.07, 6.45) is 3.86. The van der Waals surface area contributed by atoms with Crippen LogP contribution in [0.1, 0.15) is 24.6 Å². The van der Waals surface area contributed by atoms with E-state index in [0.717, 1.165) is 11.3 Å². The number of benzene rings is 1. The van der Waals surface area contributed by atoms with Gasteiger partial charge in [0.15, 0.2) is 0 Å². The van der Waals surface area contributed by atoms with Gasteiger partial charge in [-0.05, 0) is 43.2 Å². The molecule has 7 nitrogen and oxygen atoms in total. The van der Waals surface area contributed by atoms with Crippen LogP contribution in [0, 0.1) is 0 Å².